The second-order valence-electron chi connectivity index (χ2n) is 4.21. The molecular formula is C10H15O3S2. The van der Waals surface area contributed by atoms with E-state index in [4.69, 9.17) is 0 Å². The van der Waals surface area contributed by atoms with Crippen LogP contribution in [0.25, 0.3) is 0 Å². The lowest BCUT2D eigenvalue weighted by Gasteiger charge is -2.35. The van der Waals surface area contributed by atoms with Gasteiger partial charge in [-0.1, -0.05) is 0 Å². The topological polar surface area (TPSA) is 57.5 Å². The minimum atomic E-state index is -0.664. The first-order valence-corrected chi connectivity index (χ1v) is 7.32. The maximum Gasteiger partial charge on any atom is 0.212 e. The van der Waals surface area contributed by atoms with Gasteiger partial charge in [-0.05, 0) is 30.9 Å². The molecule has 6 atom stereocenters. The fourth-order valence-corrected chi connectivity index (χ4v) is 5.41. The molecule has 0 spiro atoms. The van der Waals surface area contributed by atoms with E-state index in [0.717, 1.165) is 0 Å². The Balaban J connectivity index is 2.13. The van der Waals surface area contributed by atoms with Crippen molar-refractivity contribution < 1.29 is 15.0 Å². The van der Waals surface area contributed by atoms with Gasteiger partial charge < -0.3 is 10.2 Å². The molecule has 0 aromatic carbocycles. The average molecular weight is 247 g/mol. The molecule has 2 rings (SSSR count). The summed E-state index contributed by atoms with van der Waals surface area (Å²) in [7, 11) is 0. The van der Waals surface area contributed by atoms with Crippen molar-refractivity contribution in [3.8, 4) is 0 Å². The number of aliphatic hydroxyl groups is 2. The number of rotatable bonds is 2. The standard InChI is InChI=1S/C10H15O3S2/c1-14-10-6-3-8(13)7(12)2-5(6)9(4-11)15-10/h5-10,12-13H,2-3H2,1H3. The number of hydrogen-bond acceptors (Lipinski definition) is 5. The molecule has 6 unspecified atom stereocenters. The van der Waals surface area contributed by atoms with Crippen LogP contribution in [0.5, 0.6) is 0 Å². The first kappa shape index (κ1) is 11.8. The summed E-state index contributed by atoms with van der Waals surface area (Å²) < 4.78 is 0.364. The molecule has 2 N–H and O–H groups in total. The predicted octanol–water partition coefficient (Wildman–Crippen LogP) is 0.649. The largest absolute Gasteiger partial charge is 0.390 e. The summed E-state index contributed by atoms with van der Waals surface area (Å²) in [5, 5.41) is 19.1. The molecule has 1 aliphatic carbocycles. The summed E-state index contributed by atoms with van der Waals surface area (Å²) in [6.45, 7) is 0. The Bertz CT molecular complexity index is 249. The molecule has 0 amide bonds. The molecule has 2 fully saturated rings. The van der Waals surface area contributed by atoms with Gasteiger partial charge in [0, 0.05) is 0 Å². The van der Waals surface area contributed by atoms with E-state index >= 15 is 0 Å². The highest BCUT2D eigenvalue weighted by Gasteiger charge is 2.49. The minimum absolute atomic E-state index is 0.116. The highest BCUT2D eigenvalue weighted by molar-refractivity contribution is 8.17. The summed E-state index contributed by atoms with van der Waals surface area (Å²) in [5.41, 5.74) is 0. The Hall–Kier alpha value is 0.290. The van der Waals surface area contributed by atoms with Crippen molar-refractivity contribution in [2.24, 2.45) is 11.8 Å². The van der Waals surface area contributed by atoms with Crippen LogP contribution in [0, 0.1) is 11.8 Å². The zero-order valence-electron chi connectivity index (χ0n) is 8.50. The molecule has 1 aliphatic heterocycles. The molecule has 5 heteroatoms. The molecular weight excluding hydrogens is 232 g/mol. The number of hydrogen-bond donors (Lipinski definition) is 2. The zero-order chi connectivity index (χ0) is 11.0. The zero-order valence-corrected chi connectivity index (χ0v) is 10.1. The van der Waals surface area contributed by atoms with Gasteiger partial charge in [0.1, 0.15) is 0 Å². The molecule has 1 heterocycles. The summed E-state index contributed by atoms with van der Waals surface area (Å²) in [5.74, 6) is 0.540. The highest BCUT2D eigenvalue weighted by atomic mass is 32.2. The van der Waals surface area contributed by atoms with Crippen LogP contribution < -0.4 is 0 Å². The summed E-state index contributed by atoms with van der Waals surface area (Å²) >= 11 is 3.37. The molecule has 2 aliphatic rings. The predicted molar refractivity (Wildman–Crippen MR) is 62.6 cm³/mol. The monoisotopic (exact) mass is 247 g/mol. The summed E-state index contributed by atoms with van der Waals surface area (Å²) in [6, 6.07) is 0. The normalized spacial score (nSPS) is 50.1. The molecule has 0 aromatic heterocycles. The van der Waals surface area contributed by atoms with E-state index in [9.17, 15) is 15.0 Å². The Labute approximate surface area is 98.0 Å². The molecule has 1 saturated carbocycles. The summed E-state index contributed by atoms with van der Waals surface area (Å²) in [4.78, 5) is 10.8. The molecule has 85 valence electrons. The van der Waals surface area contributed by atoms with Crippen molar-refractivity contribution >= 4 is 29.8 Å². The Morgan fingerprint density at radius 2 is 1.87 bits per heavy atom. The van der Waals surface area contributed by atoms with Crippen LogP contribution in [0.4, 0.5) is 0 Å². The Morgan fingerprint density at radius 1 is 1.27 bits per heavy atom. The lowest BCUT2D eigenvalue weighted by molar-refractivity contribution is -0.0401. The van der Waals surface area contributed by atoms with Gasteiger partial charge in [-0.15, -0.1) is 11.8 Å². The second-order valence-corrected chi connectivity index (χ2v) is 6.78. The fourth-order valence-electron chi connectivity index (χ4n) is 2.57. The first-order chi connectivity index (χ1) is 7.17. The maximum atomic E-state index is 10.8. The molecule has 0 bridgehead atoms. The SMILES string of the molecule is CSC1SC([C]=O)C2CC(O)C(O)CC12. The van der Waals surface area contributed by atoms with Crippen LogP contribution in [0.1, 0.15) is 12.8 Å². The van der Waals surface area contributed by atoms with Gasteiger partial charge in [0.2, 0.25) is 6.29 Å². The maximum absolute atomic E-state index is 10.8. The third-order valence-electron chi connectivity index (χ3n) is 3.39. The van der Waals surface area contributed by atoms with Gasteiger partial charge in [0.15, 0.2) is 0 Å². The first-order valence-electron chi connectivity index (χ1n) is 5.09. The lowest BCUT2D eigenvalue weighted by Crippen LogP contribution is -2.41. The van der Waals surface area contributed by atoms with E-state index in [1.165, 1.54) is 0 Å². The van der Waals surface area contributed by atoms with Crippen LogP contribution in [0.2, 0.25) is 0 Å². The van der Waals surface area contributed by atoms with Gasteiger partial charge in [-0.3, -0.25) is 4.79 Å². The molecule has 15 heavy (non-hydrogen) atoms. The van der Waals surface area contributed by atoms with E-state index in [-0.39, 0.29) is 11.2 Å². The van der Waals surface area contributed by atoms with Crippen LogP contribution >= 0.6 is 23.5 Å². The molecule has 0 aromatic rings. The van der Waals surface area contributed by atoms with Crippen molar-refractivity contribution in [2.45, 2.75) is 34.9 Å². The quantitative estimate of drug-likeness (QED) is 0.750. The minimum Gasteiger partial charge on any atom is -0.390 e. The number of fused-ring (bicyclic) bond motifs is 1. The third kappa shape index (κ3) is 2.07. The molecule has 1 radical (unpaired) electrons. The van der Waals surface area contributed by atoms with Crippen LogP contribution in [0.15, 0.2) is 0 Å². The number of carbonyl (C=O) groups excluding carboxylic acids is 1. The van der Waals surface area contributed by atoms with Gasteiger partial charge in [0.05, 0.1) is 22.0 Å². The van der Waals surface area contributed by atoms with E-state index in [1.807, 2.05) is 6.26 Å². The van der Waals surface area contributed by atoms with Crippen LogP contribution in [-0.2, 0) is 4.79 Å². The van der Waals surface area contributed by atoms with E-state index < -0.39 is 12.2 Å². The molecule has 3 nitrogen and oxygen atoms in total. The van der Waals surface area contributed by atoms with E-state index in [2.05, 4.69) is 6.29 Å². The van der Waals surface area contributed by atoms with Crippen molar-refractivity contribution in [1.29, 1.82) is 0 Å². The fraction of sp³-hybridized carbons (Fsp3) is 0.900. The van der Waals surface area contributed by atoms with Crippen LogP contribution in [-0.4, -0.2) is 44.8 Å². The van der Waals surface area contributed by atoms with Crippen molar-refractivity contribution in [1.82, 2.24) is 0 Å². The van der Waals surface area contributed by atoms with Gasteiger partial charge in [-0.2, -0.15) is 11.8 Å². The van der Waals surface area contributed by atoms with Gasteiger partial charge in [-0.25, -0.2) is 0 Å². The Kier molecular flexibility index (Phi) is 3.65. The van der Waals surface area contributed by atoms with E-state index in [1.54, 1.807) is 23.5 Å². The van der Waals surface area contributed by atoms with Crippen molar-refractivity contribution in [3.63, 3.8) is 0 Å². The number of aliphatic hydroxyl groups excluding tert-OH is 2. The molecule has 1 saturated heterocycles. The van der Waals surface area contributed by atoms with Gasteiger partial charge in [0.25, 0.3) is 0 Å². The smallest absolute Gasteiger partial charge is 0.212 e. The van der Waals surface area contributed by atoms with E-state index in [0.29, 0.717) is 23.3 Å². The summed E-state index contributed by atoms with van der Waals surface area (Å²) in [6.07, 6.45) is 3.97. The average Bonchev–Trinajstić information content (AvgIpc) is 2.56. The number of thioether (sulfide) groups is 2. The van der Waals surface area contributed by atoms with Crippen LogP contribution in [0.3, 0.4) is 0 Å². The van der Waals surface area contributed by atoms with Crippen molar-refractivity contribution in [3.05, 3.63) is 0 Å². The second kappa shape index (κ2) is 4.65. The highest BCUT2D eigenvalue weighted by Crippen LogP contribution is 2.52. The third-order valence-corrected chi connectivity index (χ3v) is 6.47. The van der Waals surface area contributed by atoms with Crippen molar-refractivity contribution in [2.75, 3.05) is 6.26 Å². The Morgan fingerprint density at radius 3 is 2.40 bits per heavy atom. The van der Waals surface area contributed by atoms with Gasteiger partial charge >= 0.3 is 0 Å². The lowest BCUT2D eigenvalue weighted by atomic mass is 9.76.